The minimum atomic E-state index is -1.49. The molecule has 4 aromatic carbocycles. The topological polar surface area (TPSA) is 182 Å². The third-order valence-corrected chi connectivity index (χ3v) is 14.9. The molecule has 3 N–H and O–H groups in total. The summed E-state index contributed by atoms with van der Waals surface area (Å²) in [4.78, 5) is 47.7. The van der Waals surface area contributed by atoms with E-state index < -0.39 is 28.8 Å². The molecule has 2 amide bonds. The van der Waals surface area contributed by atoms with E-state index in [1.165, 1.54) is 25.0 Å². The Hall–Kier alpha value is -6.09. The summed E-state index contributed by atoms with van der Waals surface area (Å²) in [6, 6.07) is 25.3. The van der Waals surface area contributed by atoms with Crippen molar-refractivity contribution in [2.45, 2.75) is 121 Å². The van der Waals surface area contributed by atoms with Crippen LogP contribution in [0.2, 0.25) is 0 Å². The molecule has 70 heavy (non-hydrogen) atoms. The van der Waals surface area contributed by atoms with Crippen molar-refractivity contribution in [2.75, 3.05) is 26.4 Å². The van der Waals surface area contributed by atoms with Crippen molar-refractivity contribution in [3.63, 3.8) is 0 Å². The molecule has 0 saturated heterocycles. The van der Waals surface area contributed by atoms with Gasteiger partial charge in [0.05, 0.1) is 23.2 Å². The van der Waals surface area contributed by atoms with Gasteiger partial charge in [0.25, 0.3) is 5.69 Å². The Morgan fingerprint density at radius 3 is 2.47 bits per heavy atom. The van der Waals surface area contributed by atoms with Crippen molar-refractivity contribution in [1.82, 2.24) is 10.2 Å². The van der Waals surface area contributed by atoms with Gasteiger partial charge in [0.15, 0.2) is 0 Å². The summed E-state index contributed by atoms with van der Waals surface area (Å²) in [5.74, 6) is -1.10. The fourth-order valence-corrected chi connectivity index (χ4v) is 11.7. The molecule has 6 atom stereocenters. The molecule has 0 spiro atoms. The van der Waals surface area contributed by atoms with E-state index in [1.54, 1.807) is 24.3 Å². The lowest BCUT2D eigenvalue weighted by molar-refractivity contribution is -0.384. The molecule has 14 nitrogen and oxygen atoms in total. The van der Waals surface area contributed by atoms with E-state index in [2.05, 4.69) is 42.2 Å². The highest BCUT2D eigenvalue weighted by Gasteiger charge is 2.65. The molecule has 372 valence electrons. The molecule has 14 heteroatoms. The van der Waals surface area contributed by atoms with Gasteiger partial charge in [0, 0.05) is 62.8 Å². The number of benzene rings is 4. The van der Waals surface area contributed by atoms with Crippen molar-refractivity contribution >= 4 is 34.2 Å². The number of carbonyl (C=O) groups is 2. The highest BCUT2D eigenvalue weighted by molar-refractivity contribution is 6.03. The van der Waals surface area contributed by atoms with E-state index in [0.717, 1.165) is 72.4 Å². The number of hydrogen-bond acceptors (Lipinski definition) is 11. The number of aliphatic hydroxyl groups is 2. The van der Waals surface area contributed by atoms with Crippen LogP contribution >= 0.6 is 0 Å². The van der Waals surface area contributed by atoms with Gasteiger partial charge in [-0.05, 0) is 115 Å². The van der Waals surface area contributed by atoms with Crippen LogP contribution < -0.4 is 14.8 Å². The average molecular weight is 957 g/mol. The first-order chi connectivity index (χ1) is 34.2. The maximum absolute atomic E-state index is 15.5. The van der Waals surface area contributed by atoms with E-state index in [-0.39, 0.29) is 68.7 Å². The van der Waals surface area contributed by atoms with Gasteiger partial charge in [0.2, 0.25) is 11.7 Å². The second-order valence-corrected chi connectivity index (χ2v) is 19.2. The number of nitro groups is 1. The van der Waals surface area contributed by atoms with E-state index >= 15 is 4.79 Å². The number of oxime groups is 1. The largest absolute Gasteiger partial charge is 0.459 e. The van der Waals surface area contributed by atoms with Gasteiger partial charge in [0.1, 0.15) is 24.1 Å². The van der Waals surface area contributed by atoms with Crippen LogP contribution in [-0.2, 0) is 27.5 Å². The average Bonchev–Trinajstić information content (AvgIpc) is 3.90. The Morgan fingerprint density at radius 1 is 0.971 bits per heavy atom. The van der Waals surface area contributed by atoms with E-state index in [0.29, 0.717) is 54.5 Å². The number of carbonyl (C=O) groups excluding carboxylic acids is 2. The number of nitro benzene ring substituents is 1. The molecule has 8 rings (SSSR count). The van der Waals surface area contributed by atoms with Gasteiger partial charge in [-0.1, -0.05) is 98.3 Å². The predicted octanol–water partition coefficient (Wildman–Crippen LogP) is 10.7. The molecule has 2 fully saturated rings. The molecular formula is C56H68N4O10. The highest BCUT2D eigenvalue weighted by atomic mass is 16.7. The lowest BCUT2D eigenvalue weighted by Gasteiger charge is -2.60. The Morgan fingerprint density at radius 2 is 1.73 bits per heavy atom. The monoisotopic (exact) mass is 956 g/mol. The van der Waals surface area contributed by atoms with Crippen molar-refractivity contribution in [1.29, 1.82) is 0 Å². The van der Waals surface area contributed by atoms with Crippen molar-refractivity contribution in [2.24, 2.45) is 28.8 Å². The Kier molecular flexibility index (Phi) is 17.0. The fourth-order valence-electron chi connectivity index (χ4n) is 11.7. The van der Waals surface area contributed by atoms with Crippen LogP contribution in [0.15, 0.2) is 114 Å². The van der Waals surface area contributed by atoms with Gasteiger partial charge >= 0.3 is 6.09 Å². The highest BCUT2D eigenvalue weighted by Crippen LogP contribution is 2.62. The van der Waals surface area contributed by atoms with Crippen molar-refractivity contribution in [3.8, 4) is 11.5 Å². The van der Waals surface area contributed by atoms with Gasteiger partial charge in [-0.3, -0.25) is 14.9 Å². The Balaban J connectivity index is 1.34. The van der Waals surface area contributed by atoms with Gasteiger partial charge in [-0.25, -0.2) is 4.79 Å². The smallest absolute Gasteiger partial charge is 0.412 e. The molecule has 4 aromatic rings. The summed E-state index contributed by atoms with van der Waals surface area (Å²) in [5.41, 5.74) is 3.98. The number of ether oxygens (including phenoxy) is 3. The van der Waals surface area contributed by atoms with Crippen molar-refractivity contribution < 1.29 is 43.8 Å². The zero-order chi connectivity index (χ0) is 49.0. The van der Waals surface area contributed by atoms with Crippen molar-refractivity contribution in [3.05, 3.63) is 136 Å². The number of rotatable bonds is 23. The quantitative estimate of drug-likeness (QED) is 0.0280. The third kappa shape index (κ3) is 11.2. The fraction of sp³-hybridized carbons (Fsp3) is 0.482. The Bertz CT molecular complexity index is 2520. The summed E-state index contributed by atoms with van der Waals surface area (Å²) < 4.78 is 20.6. The molecule has 4 aliphatic rings. The molecule has 3 aliphatic carbocycles. The summed E-state index contributed by atoms with van der Waals surface area (Å²) in [6.45, 7) is 6.83. The first-order valence-corrected chi connectivity index (χ1v) is 25.3. The molecule has 2 saturated carbocycles. The van der Waals surface area contributed by atoms with E-state index in [1.807, 2.05) is 42.2 Å². The Labute approximate surface area is 410 Å². The second-order valence-electron chi connectivity index (χ2n) is 19.2. The van der Waals surface area contributed by atoms with Crippen LogP contribution in [0.5, 0.6) is 11.5 Å². The number of hydrogen-bond donors (Lipinski definition) is 3. The third-order valence-electron chi connectivity index (χ3n) is 14.9. The lowest BCUT2D eigenvalue weighted by Crippen LogP contribution is -2.70. The lowest BCUT2D eigenvalue weighted by atomic mass is 9.55. The number of allylic oxidation sites excluding steroid dienone is 1. The number of nitrogens with zero attached hydrogens (tertiary/aromatic N) is 3. The summed E-state index contributed by atoms with van der Waals surface area (Å²) in [6.07, 6.45) is 13.5. The SMILES string of the molecule is C=CCO[C@@]12Oc3ccc(OC(=O)NCC)cc3[C@H]3[C@H](CCCCO)[C@@H](CCCCO)C=C(C(=NOCc4ccc([N+](=O)[O-])cc4)C[C@@H]1N(Cc1cccc4ccccc14)C(=O)CCC1CCCC1)[C@H]32. The zero-order valence-electron chi connectivity index (χ0n) is 40.3. The van der Waals surface area contributed by atoms with Gasteiger partial charge in [-0.2, -0.15) is 0 Å². The minimum absolute atomic E-state index is 0.0150. The van der Waals surface area contributed by atoms with E-state index in [9.17, 15) is 25.1 Å². The molecule has 0 bridgehead atoms. The zero-order valence-corrected chi connectivity index (χ0v) is 40.3. The predicted molar refractivity (Wildman–Crippen MR) is 268 cm³/mol. The number of non-ortho nitro benzene ring substituents is 1. The molecule has 0 unspecified atom stereocenters. The van der Waals surface area contributed by atoms with Crippen LogP contribution in [0.3, 0.4) is 0 Å². The van der Waals surface area contributed by atoms with Crippen LogP contribution in [0.4, 0.5) is 10.5 Å². The van der Waals surface area contributed by atoms with E-state index in [4.69, 9.17) is 24.2 Å². The molecule has 1 heterocycles. The molecule has 0 radical (unpaired) electrons. The standard InChI is InChI=1S/C56H68N4O10/c1-3-32-67-56-51(59(52(63)29-24-38-14-5-6-15-38)36-42-19-13-18-40-16-7-8-20-45(40)42)35-49(58-68-37-39-22-25-43(26-23-39)60(65)66)47-33-41(17-9-11-30-61)46(21-10-12-31-62)53(54(47)56)48-34-44(27-28-50(48)70-56)69-55(64)57-4-2/h3,7-8,13,16,18-20,22-23,25-28,33-34,38,41,46,51,53-54,61-62H,1,4-6,9-12,14-15,17,21,24,29-32,35-37H2,2H3,(H,57,64)/t41-,46+,51-,53+,54+,56+/m0/s1. The van der Waals surface area contributed by atoms with Crippen LogP contribution in [0.1, 0.15) is 113 Å². The summed E-state index contributed by atoms with van der Waals surface area (Å²) in [7, 11) is 0. The van der Waals surface area contributed by atoms with Crippen LogP contribution in [0.25, 0.3) is 10.8 Å². The molecule has 1 aliphatic heterocycles. The van der Waals surface area contributed by atoms with Crippen LogP contribution in [-0.4, -0.2) is 75.9 Å². The summed E-state index contributed by atoms with van der Waals surface area (Å²) in [5, 5.41) is 41.4. The van der Waals surface area contributed by atoms with Gasteiger partial charge < -0.3 is 39.5 Å². The summed E-state index contributed by atoms with van der Waals surface area (Å²) >= 11 is 0. The van der Waals surface area contributed by atoms with Crippen LogP contribution in [0, 0.1) is 33.8 Å². The first-order valence-electron chi connectivity index (χ1n) is 25.3. The number of unbranched alkanes of at least 4 members (excludes halogenated alkanes) is 2. The minimum Gasteiger partial charge on any atom is -0.459 e. The number of amides is 2. The number of fused-ring (bicyclic) bond motifs is 3. The number of nitrogens with one attached hydrogen (secondary N) is 1. The normalized spacial score (nSPS) is 23.2. The van der Waals surface area contributed by atoms with Gasteiger partial charge in [-0.15, -0.1) is 6.58 Å². The maximum Gasteiger partial charge on any atom is 0.412 e. The molecule has 0 aromatic heterocycles. The second kappa shape index (κ2) is 23.7. The molecular weight excluding hydrogens is 889 g/mol. The first kappa shape index (κ1) is 50.3. The maximum atomic E-state index is 15.5. The number of aliphatic hydroxyl groups excluding tert-OH is 2.